The highest BCUT2D eigenvalue weighted by Gasteiger charge is 2.48. The first-order chi connectivity index (χ1) is 13.4. The summed E-state index contributed by atoms with van der Waals surface area (Å²) in [5.74, 6) is -1.58. The van der Waals surface area contributed by atoms with Crippen molar-refractivity contribution in [3.63, 3.8) is 0 Å². The monoisotopic (exact) mass is 385 g/mol. The minimum atomic E-state index is -0.866. The molecule has 0 bridgehead atoms. The van der Waals surface area contributed by atoms with Gasteiger partial charge in [-0.2, -0.15) is 0 Å². The Labute approximate surface area is 164 Å². The van der Waals surface area contributed by atoms with Gasteiger partial charge < -0.3 is 4.90 Å². The quantitative estimate of drug-likeness (QED) is 0.806. The molecule has 148 valence electrons. The molecule has 2 aliphatic rings. The summed E-state index contributed by atoms with van der Waals surface area (Å²) in [6.45, 7) is 5.34. The number of hydrogen-bond acceptors (Lipinski definition) is 3. The van der Waals surface area contributed by atoms with E-state index < -0.39 is 11.6 Å². The van der Waals surface area contributed by atoms with Crippen LogP contribution in [0, 0.1) is 24.0 Å². The molecule has 6 heteroatoms. The standard InChI is InChI=1S/C22H25F2N3O/c1-16-4-2-5-18(25-16)14-26-11-9-22(15-26)8-3-10-27(21(22)28)13-17-6-7-19(23)20(24)12-17/h2,4-7,12H,3,8-11,13-15H2,1H3. The highest BCUT2D eigenvalue weighted by molar-refractivity contribution is 5.84. The molecule has 4 rings (SSSR count). The van der Waals surface area contributed by atoms with Gasteiger partial charge in [0.15, 0.2) is 11.6 Å². The van der Waals surface area contributed by atoms with Gasteiger partial charge in [-0.1, -0.05) is 12.1 Å². The Bertz CT molecular complexity index is 888. The van der Waals surface area contributed by atoms with Gasteiger partial charge in [0.25, 0.3) is 0 Å². The molecule has 1 aromatic heterocycles. The van der Waals surface area contributed by atoms with Crippen LogP contribution in [0.5, 0.6) is 0 Å². The topological polar surface area (TPSA) is 36.4 Å². The highest BCUT2D eigenvalue weighted by Crippen LogP contribution is 2.40. The Balaban J connectivity index is 1.44. The summed E-state index contributed by atoms with van der Waals surface area (Å²) in [6.07, 6.45) is 2.66. The van der Waals surface area contributed by atoms with Crippen LogP contribution in [0.25, 0.3) is 0 Å². The summed E-state index contributed by atoms with van der Waals surface area (Å²) in [7, 11) is 0. The molecule has 0 aliphatic carbocycles. The number of carbonyl (C=O) groups is 1. The molecule has 2 aromatic rings. The van der Waals surface area contributed by atoms with E-state index in [1.807, 2.05) is 30.0 Å². The van der Waals surface area contributed by atoms with Crippen LogP contribution in [-0.2, 0) is 17.9 Å². The second kappa shape index (κ2) is 7.59. The zero-order valence-corrected chi connectivity index (χ0v) is 16.1. The smallest absolute Gasteiger partial charge is 0.230 e. The van der Waals surface area contributed by atoms with Gasteiger partial charge in [0.2, 0.25) is 5.91 Å². The fraction of sp³-hybridized carbons (Fsp3) is 0.455. The number of benzene rings is 1. The van der Waals surface area contributed by atoms with Crippen molar-refractivity contribution in [2.45, 2.75) is 39.3 Å². The lowest BCUT2D eigenvalue weighted by Gasteiger charge is -2.39. The molecule has 1 atom stereocenters. The number of pyridine rings is 1. The Kier molecular flexibility index (Phi) is 5.15. The van der Waals surface area contributed by atoms with E-state index in [9.17, 15) is 13.6 Å². The number of carbonyl (C=O) groups excluding carboxylic acids is 1. The van der Waals surface area contributed by atoms with E-state index in [4.69, 9.17) is 0 Å². The first-order valence-electron chi connectivity index (χ1n) is 9.83. The van der Waals surface area contributed by atoms with Crippen LogP contribution in [0.3, 0.4) is 0 Å². The normalized spacial score (nSPS) is 23.0. The van der Waals surface area contributed by atoms with E-state index in [0.29, 0.717) is 18.7 Å². The van der Waals surface area contributed by atoms with Crippen LogP contribution in [-0.4, -0.2) is 40.3 Å². The maximum atomic E-state index is 13.5. The van der Waals surface area contributed by atoms with E-state index >= 15 is 0 Å². The maximum Gasteiger partial charge on any atom is 0.230 e. The number of aryl methyl sites for hydroxylation is 1. The van der Waals surface area contributed by atoms with Crippen LogP contribution >= 0.6 is 0 Å². The second-order valence-corrected chi connectivity index (χ2v) is 8.09. The number of hydrogen-bond donors (Lipinski definition) is 0. The van der Waals surface area contributed by atoms with Crippen LogP contribution in [0.15, 0.2) is 36.4 Å². The summed E-state index contributed by atoms with van der Waals surface area (Å²) in [5.41, 5.74) is 2.29. The summed E-state index contributed by atoms with van der Waals surface area (Å²) >= 11 is 0. The first kappa shape index (κ1) is 19.0. The largest absolute Gasteiger partial charge is 0.338 e. The van der Waals surface area contributed by atoms with E-state index in [1.54, 1.807) is 6.07 Å². The zero-order valence-electron chi connectivity index (χ0n) is 16.1. The van der Waals surface area contributed by atoms with Crippen molar-refractivity contribution in [3.05, 3.63) is 65.0 Å². The van der Waals surface area contributed by atoms with Crippen molar-refractivity contribution in [1.29, 1.82) is 0 Å². The molecule has 0 saturated carbocycles. The van der Waals surface area contributed by atoms with Gasteiger partial charge in [-0.25, -0.2) is 8.78 Å². The van der Waals surface area contributed by atoms with Crippen molar-refractivity contribution in [1.82, 2.24) is 14.8 Å². The molecule has 3 heterocycles. The van der Waals surface area contributed by atoms with E-state index in [2.05, 4.69) is 9.88 Å². The van der Waals surface area contributed by atoms with Crippen LogP contribution < -0.4 is 0 Å². The lowest BCUT2D eigenvalue weighted by atomic mass is 9.78. The van der Waals surface area contributed by atoms with Crippen LogP contribution in [0.1, 0.15) is 36.2 Å². The van der Waals surface area contributed by atoms with Crippen LogP contribution in [0.2, 0.25) is 0 Å². The fourth-order valence-corrected chi connectivity index (χ4v) is 4.55. The van der Waals surface area contributed by atoms with Crippen molar-refractivity contribution < 1.29 is 13.6 Å². The van der Waals surface area contributed by atoms with Crippen LogP contribution in [0.4, 0.5) is 8.78 Å². The van der Waals surface area contributed by atoms with E-state index in [0.717, 1.165) is 56.4 Å². The predicted octanol–water partition coefficient (Wildman–Crippen LogP) is 3.68. The van der Waals surface area contributed by atoms with Crippen molar-refractivity contribution in [2.75, 3.05) is 19.6 Å². The number of amides is 1. The molecule has 0 N–H and O–H groups in total. The number of rotatable bonds is 4. The molecule has 2 aliphatic heterocycles. The lowest BCUT2D eigenvalue weighted by molar-refractivity contribution is -0.146. The van der Waals surface area contributed by atoms with Crippen molar-refractivity contribution in [2.24, 2.45) is 5.41 Å². The molecule has 1 unspecified atom stereocenters. The molecule has 28 heavy (non-hydrogen) atoms. The summed E-state index contributed by atoms with van der Waals surface area (Å²) in [4.78, 5) is 22.0. The van der Waals surface area contributed by atoms with Gasteiger partial charge >= 0.3 is 0 Å². The lowest BCUT2D eigenvalue weighted by Crippen LogP contribution is -2.49. The first-order valence-corrected chi connectivity index (χ1v) is 9.83. The average Bonchev–Trinajstić information content (AvgIpc) is 3.06. The third-order valence-electron chi connectivity index (χ3n) is 5.95. The summed E-state index contributed by atoms with van der Waals surface area (Å²) in [5, 5.41) is 0. The highest BCUT2D eigenvalue weighted by atomic mass is 19.2. The second-order valence-electron chi connectivity index (χ2n) is 8.09. The van der Waals surface area contributed by atoms with Crippen molar-refractivity contribution in [3.8, 4) is 0 Å². The molecule has 0 radical (unpaired) electrons. The molecule has 4 nitrogen and oxygen atoms in total. The van der Waals surface area contributed by atoms with Gasteiger partial charge in [-0.3, -0.25) is 14.7 Å². The minimum Gasteiger partial charge on any atom is -0.338 e. The maximum absolute atomic E-state index is 13.5. The fourth-order valence-electron chi connectivity index (χ4n) is 4.55. The summed E-state index contributed by atoms with van der Waals surface area (Å²) in [6, 6.07) is 9.89. The molecule has 1 aromatic carbocycles. The third kappa shape index (κ3) is 3.78. The Morgan fingerprint density at radius 1 is 1.07 bits per heavy atom. The molecular formula is C22H25F2N3O. The number of halogens is 2. The van der Waals surface area contributed by atoms with Gasteiger partial charge in [-0.05, 0) is 62.6 Å². The third-order valence-corrected chi connectivity index (χ3v) is 5.95. The molecule has 2 saturated heterocycles. The Hall–Kier alpha value is -2.34. The van der Waals surface area contributed by atoms with Gasteiger partial charge in [0.05, 0.1) is 11.1 Å². The number of nitrogens with zero attached hydrogens (tertiary/aromatic N) is 3. The molecule has 1 amide bonds. The molecule has 1 spiro atoms. The SMILES string of the molecule is Cc1cccc(CN2CCC3(CCCN(Cc4ccc(F)c(F)c4)C3=O)C2)n1. The molecular weight excluding hydrogens is 360 g/mol. The summed E-state index contributed by atoms with van der Waals surface area (Å²) < 4.78 is 26.7. The van der Waals surface area contributed by atoms with Gasteiger partial charge in [-0.15, -0.1) is 0 Å². The average molecular weight is 385 g/mol. The van der Waals surface area contributed by atoms with Gasteiger partial charge in [0.1, 0.15) is 0 Å². The Morgan fingerprint density at radius 3 is 2.71 bits per heavy atom. The number of likely N-dealkylation sites (tertiary alicyclic amines) is 2. The molecule has 2 fully saturated rings. The zero-order chi connectivity index (χ0) is 19.7. The number of piperidine rings is 1. The predicted molar refractivity (Wildman–Crippen MR) is 102 cm³/mol. The minimum absolute atomic E-state index is 0.142. The van der Waals surface area contributed by atoms with Crippen molar-refractivity contribution >= 4 is 5.91 Å². The number of aromatic nitrogens is 1. The Morgan fingerprint density at radius 2 is 1.93 bits per heavy atom. The van der Waals surface area contributed by atoms with E-state index in [-0.39, 0.29) is 11.3 Å². The van der Waals surface area contributed by atoms with E-state index in [1.165, 1.54) is 6.07 Å². The van der Waals surface area contributed by atoms with Gasteiger partial charge in [0, 0.05) is 31.9 Å².